The van der Waals surface area contributed by atoms with Gasteiger partial charge in [0.2, 0.25) is 0 Å². The van der Waals surface area contributed by atoms with E-state index in [4.69, 9.17) is 14.9 Å². The minimum Gasteiger partial charge on any atom is -0.480 e. The molecule has 1 aliphatic heterocycles. The Hall–Kier alpha value is -1.70. The molecule has 90 valence electrons. The fourth-order valence-electron chi connectivity index (χ4n) is 1.48. The number of carboxylic acids is 1. The monoisotopic (exact) mass is 235 g/mol. The van der Waals surface area contributed by atoms with Crippen molar-refractivity contribution in [3.05, 3.63) is 0 Å². The van der Waals surface area contributed by atoms with Gasteiger partial charge in [0.25, 0.3) is 5.91 Å². The summed E-state index contributed by atoms with van der Waals surface area (Å²) in [7, 11) is 0. The zero-order chi connectivity index (χ0) is 12.3. The lowest BCUT2D eigenvalue weighted by Crippen LogP contribution is -2.42. The van der Waals surface area contributed by atoms with Crippen molar-refractivity contribution in [2.24, 2.45) is 0 Å². The molecule has 0 aromatic heterocycles. The van der Waals surface area contributed by atoms with Crippen molar-refractivity contribution in [3.8, 4) is 0 Å². The number of carbonyl (C=O) groups is 3. The van der Waals surface area contributed by atoms with E-state index >= 15 is 0 Å². The first-order valence-electron chi connectivity index (χ1n) is 4.45. The van der Waals surface area contributed by atoms with E-state index < -0.39 is 36.8 Å². The molecule has 0 radical (unpaired) electrons. The third-order valence-corrected chi connectivity index (χ3v) is 2.15. The van der Waals surface area contributed by atoms with Gasteiger partial charge in [-0.05, 0) is 0 Å². The van der Waals surface area contributed by atoms with Crippen molar-refractivity contribution < 1.29 is 33.7 Å². The van der Waals surface area contributed by atoms with E-state index in [0.717, 1.165) is 0 Å². The van der Waals surface area contributed by atoms with E-state index in [2.05, 4.69) is 0 Å². The Labute approximate surface area is 89.4 Å². The van der Waals surface area contributed by atoms with Crippen molar-refractivity contribution in [1.82, 2.24) is 4.90 Å². The van der Waals surface area contributed by atoms with E-state index in [0.29, 0.717) is 0 Å². The van der Waals surface area contributed by atoms with Gasteiger partial charge >= 0.3 is 12.1 Å². The quantitative estimate of drug-likeness (QED) is 0.693. The second kappa shape index (κ2) is 4.88. The summed E-state index contributed by atoms with van der Waals surface area (Å²) >= 11 is 0. The van der Waals surface area contributed by atoms with E-state index in [1.165, 1.54) is 0 Å². The second-order valence-corrected chi connectivity index (χ2v) is 3.13. The summed E-state index contributed by atoms with van der Waals surface area (Å²) < 4.78 is 16.5. The first-order valence-corrected chi connectivity index (χ1v) is 4.45. The van der Waals surface area contributed by atoms with Crippen LogP contribution < -0.4 is 0 Å². The molecule has 0 bridgehead atoms. The number of amides is 2. The maximum absolute atomic E-state index is 11.8. The number of likely N-dealkylation sites (tertiary alicyclic amines) is 1. The molecule has 1 saturated heterocycles. The van der Waals surface area contributed by atoms with Crippen LogP contribution in [0, 0.1) is 0 Å². The molecule has 0 aromatic rings. The van der Waals surface area contributed by atoms with Crippen molar-refractivity contribution in [1.29, 1.82) is 0 Å². The number of rotatable bonds is 4. The average Bonchev–Trinajstić information content (AvgIpc) is 2.53. The molecule has 1 aliphatic rings. The fraction of sp³-hybridized carbons (Fsp3) is 0.625. The van der Waals surface area contributed by atoms with Crippen LogP contribution in [0.5, 0.6) is 0 Å². The Balaban J connectivity index is 2.78. The number of hydrogen-bond donors (Lipinski definition) is 2. The summed E-state index contributed by atoms with van der Waals surface area (Å²) in [5, 5.41) is 17.4. The van der Waals surface area contributed by atoms with Crippen LogP contribution in [0.4, 0.5) is 9.18 Å². The zero-order valence-electron chi connectivity index (χ0n) is 8.13. The molecule has 1 fully saturated rings. The maximum atomic E-state index is 11.8. The number of carboxylic acid groups (broad SMARTS) is 2. The first-order chi connectivity index (χ1) is 7.49. The van der Waals surface area contributed by atoms with Crippen LogP contribution in [0.3, 0.4) is 0 Å². The number of nitrogens with zero attached hydrogens (tertiary/aromatic N) is 1. The van der Waals surface area contributed by atoms with Gasteiger partial charge in [-0.25, -0.2) is 18.9 Å². The van der Waals surface area contributed by atoms with Crippen LogP contribution in [-0.2, 0) is 14.3 Å². The van der Waals surface area contributed by atoms with Gasteiger partial charge in [-0.1, -0.05) is 0 Å². The summed E-state index contributed by atoms with van der Waals surface area (Å²) in [5.74, 6) is -2.39. The lowest BCUT2D eigenvalue weighted by molar-refractivity contribution is -0.145. The third-order valence-electron chi connectivity index (χ3n) is 2.15. The predicted molar refractivity (Wildman–Crippen MR) is 46.6 cm³/mol. The van der Waals surface area contributed by atoms with Gasteiger partial charge in [0.05, 0.1) is 6.61 Å². The Morgan fingerprint density at radius 1 is 1.50 bits per heavy atom. The minimum atomic E-state index is -1.65. The summed E-state index contributed by atoms with van der Waals surface area (Å²) in [6.45, 7) is -1.19. The SMILES string of the molecule is O=C(O)C1CC(OCCF)C(=O)N1C(=O)O. The molecule has 1 rings (SSSR count). The number of imide groups is 1. The van der Waals surface area contributed by atoms with Crippen molar-refractivity contribution in [2.75, 3.05) is 13.3 Å². The Morgan fingerprint density at radius 2 is 2.12 bits per heavy atom. The standard InChI is InChI=1S/C8H10FNO6/c9-1-2-16-5-3-4(7(12)13)10(6(5)11)8(14)15/h4-5H,1-3H2,(H,12,13)(H,14,15). The number of hydrogen-bond acceptors (Lipinski definition) is 4. The van der Waals surface area contributed by atoms with Crippen molar-refractivity contribution in [2.45, 2.75) is 18.6 Å². The van der Waals surface area contributed by atoms with Crippen LogP contribution in [-0.4, -0.2) is 58.5 Å². The summed E-state index contributed by atoms with van der Waals surface area (Å²) in [6.07, 6.45) is -3.14. The van der Waals surface area contributed by atoms with Gasteiger partial charge < -0.3 is 14.9 Å². The van der Waals surface area contributed by atoms with Gasteiger partial charge in [0.15, 0.2) is 0 Å². The molecule has 2 atom stereocenters. The highest BCUT2D eigenvalue weighted by molar-refractivity contribution is 6.00. The molecule has 0 saturated carbocycles. The molecule has 0 aliphatic carbocycles. The molecule has 7 nitrogen and oxygen atoms in total. The topological polar surface area (TPSA) is 104 Å². The highest BCUT2D eigenvalue weighted by Crippen LogP contribution is 2.22. The molecular weight excluding hydrogens is 225 g/mol. The smallest absolute Gasteiger partial charge is 0.414 e. The van der Waals surface area contributed by atoms with E-state index in [-0.39, 0.29) is 17.9 Å². The maximum Gasteiger partial charge on any atom is 0.414 e. The first kappa shape index (κ1) is 12.4. The van der Waals surface area contributed by atoms with Crippen LogP contribution >= 0.6 is 0 Å². The van der Waals surface area contributed by atoms with Gasteiger partial charge in [-0.3, -0.25) is 4.79 Å². The molecule has 8 heteroatoms. The number of aliphatic carboxylic acids is 1. The summed E-state index contributed by atoms with van der Waals surface area (Å²) in [4.78, 5) is 33.0. The Bertz CT molecular complexity index is 320. The highest BCUT2D eigenvalue weighted by Gasteiger charge is 2.47. The van der Waals surface area contributed by atoms with E-state index in [1.54, 1.807) is 0 Å². The minimum absolute atomic E-state index is 0.200. The lowest BCUT2D eigenvalue weighted by Gasteiger charge is -2.14. The van der Waals surface area contributed by atoms with Gasteiger partial charge in [0.1, 0.15) is 18.8 Å². The lowest BCUT2D eigenvalue weighted by atomic mass is 10.2. The average molecular weight is 235 g/mol. The molecule has 2 N–H and O–H groups in total. The summed E-state index contributed by atoms with van der Waals surface area (Å²) in [5.41, 5.74) is 0. The number of carbonyl (C=O) groups excluding carboxylic acids is 1. The third kappa shape index (κ3) is 2.27. The normalized spacial score (nSPS) is 24.8. The number of ether oxygens (including phenoxy) is 1. The van der Waals surface area contributed by atoms with Gasteiger partial charge in [-0.2, -0.15) is 0 Å². The number of alkyl halides is 1. The fourth-order valence-corrected chi connectivity index (χ4v) is 1.48. The van der Waals surface area contributed by atoms with Crippen LogP contribution in [0.1, 0.15) is 6.42 Å². The Morgan fingerprint density at radius 3 is 2.50 bits per heavy atom. The largest absolute Gasteiger partial charge is 0.480 e. The molecule has 2 unspecified atom stereocenters. The van der Waals surface area contributed by atoms with Crippen LogP contribution in [0.15, 0.2) is 0 Å². The molecule has 1 heterocycles. The second-order valence-electron chi connectivity index (χ2n) is 3.13. The molecule has 2 amide bonds. The van der Waals surface area contributed by atoms with Gasteiger partial charge in [-0.15, -0.1) is 0 Å². The van der Waals surface area contributed by atoms with Crippen LogP contribution in [0.2, 0.25) is 0 Å². The zero-order valence-corrected chi connectivity index (χ0v) is 8.13. The molecular formula is C8H10FNO6. The van der Waals surface area contributed by atoms with E-state index in [9.17, 15) is 18.8 Å². The highest BCUT2D eigenvalue weighted by atomic mass is 19.1. The number of halogens is 1. The molecule has 16 heavy (non-hydrogen) atoms. The van der Waals surface area contributed by atoms with Crippen molar-refractivity contribution >= 4 is 18.0 Å². The van der Waals surface area contributed by atoms with Gasteiger partial charge in [0, 0.05) is 6.42 Å². The molecule has 0 aromatic carbocycles. The van der Waals surface area contributed by atoms with Crippen LogP contribution in [0.25, 0.3) is 0 Å². The summed E-state index contributed by atoms with van der Waals surface area (Å²) in [6, 6.07) is -1.46. The van der Waals surface area contributed by atoms with E-state index in [1.807, 2.05) is 0 Å². The van der Waals surface area contributed by atoms with Crippen molar-refractivity contribution in [3.63, 3.8) is 0 Å². The predicted octanol–water partition coefficient (Wildman–Crippen LogP) is -0.295. The Kier molecular flexibility index (Phi) is 3.78. The molecule has 0 spiro atoms.